The average molecular weight is 1180 g/mol. The zero-order chi connectivity index (χ0) is 60.3. The summed E-state index contributed by atoms with van der Waals surface area (Å²) in [4.78, 5) is 131. The fourth-order valence-corrected chi connectivity index (χ4v) is 8.32. The lowest BCUT2D eigenvalue weighted by atomic mass is 10.0. The molecule has 0 rings (SSSR count). The van der Waals surface area contributed by atoms with Crippen molar-refractivity contribution in [1.29, 1.82) is 0 Å². The summed E-state index contributed by atoms with van der Waals surface area (Å²) in [5, 5.41) is 52.2. The summed E-state index contributed by atoms with van der Waals surface area (Å²) in [6.07, 6.45) is 15.5. The first kappa shape index (κ1) is 75.3. The highest BCUT2D eigenvalue weighted by molar-refractivity contribution is 7.97. The average Bonchev–Trinajstić information content (AvgIpc) is 3.41. The lowest BCUT2D eigenvalue weighted by molar-refractivity contribution is -0.144. The van der Waals surface area contributed by atoms with Gasteiger partial charge < -0.3 is 77.0 Å². The third-order valence-corrected chi connectivity index (χ3v) is 13.0. The third-order valence-electron chi connectivity index (χ3n) is 12.2. The number of carboxylic acids is 4. The molecule has 0 aliphatic carbocycles. The van der Waals surface area contributed by atoms with E-state index >= 15 is 0 Å². The zero-order valence-electron chi connectivity index (χ0n) is 47.4. The minimum absolute atomic E-state index is 0.0373. The number of carboxylic acid groups (broad SMARTS) is 4. The summed E-state index contributed by atoms with van der Waals surface area (Å²) < 4.78 is 24.2. The number of nitrogens with two attached hydrogens (primary N) is 1. The van der Waals surface area contributed by atoms with Crippen molar-refractivity contribution in [3.8, 4) is 0 Å². The molecule has 0 fully saturated rings. The van der Waals surface area contributed by atoms with Gasteiger partial charge in [-0.05, 0) is 51.4 Å². The van der Waals surface area contributed by atoms with Gasteiger partial charge in [0.15, 0.2) is 0 Å². The van der Waals surface area contributed by atoms with E-state index in [1.54, 1.807) is 0 Å². The van der Waals surface area contributed by atoms with E-state index in [9.17, 15) is 68.1 Å². The van der Waals surface area contributed by atoms with E-state index in [2.05, 4.69) is 36.6 Å². The van der Waals surface area contributed by atoms with Crippen LogP contribution in [0.3, 0.4) is 0 Å². The van der Waals surface area contributed by atoms with Gasteiger partial charge in [-0.25, -0.2) is 14.4 Å². The fourth-order valence-electron chi connectivity index (χ4n) is 7.72. The Labute approximate surface area is 480 Å². The van der Waals surface area contributed by atoms with Gasteiger partial charge in [0.2, 0.25) is 41.4 Å². The summed E-state index contributed by atoms with van der Waals surface area (Å²) in [7, 11) is 0. The molecule has 13 N–H and O–H groups in total. The van der Waals surface area contributed by atoms with Crippen LogP contribution in [-0.2, 0) is 71.7 Å². The van der Waals surface area contributed by atoms with E-state index in [1.165, 1.54) is 44.1 Å². The molecule has 0 aliphatic rings. The minimum atomic E-state index is -1.49. The van der Waals surface area contributed by atoms with Gasteiger partial charge in [-0.15, -0.1) is 0 Å². The Morgan fingerprint density at radius 3 is 1.19 bits per heavy atom. The van der Waals surface area contributed by atoms with Crippen molar-refractivity contribution in [1.82, 2.24) is 36.6 Å². The molecule has 0 bridgehead atoms. The highest BCUT2D eigenvalue weighted by Gasteiger charge is 2.25. The number of carbonyl (C=O) groups is 11. The number of ether oxygens (including phenoxy) is 4. The lowest BCUT2D eigenvalue weighted by Crippen LogP contribution is -2.45. The molecular weight excluding hydrogens is 1080 g/mol. The number of hydrogen-bond acceptors (Lipinski definition) is 17. The first-order chi connectivity index (χ1) is 38.9. The van der Waals surface area contributed by atoms with Crippen molar-refractivity contribution in [3.63, 3.8) is 0 Å². The Bertz CT molecular complexity index is 1840. The summed E-state index contributed by atoms with van der Waals surface area (Å²) >= 11 is 1.37. The SMILES string of the molecule is CCSN[C@@H](CCCCNC(=O)CC[C@H](NC(=O)CC[C@H](NC(=O)COCCOCCNC(=O)COCCOCCNC(=O)CC[C@H](NC(=O)CCCCCCCCCCCCCCCCC(=O)O)C(=O)O)C(=O)O)C(=O)O)C(N)=O. The van der Waals surface area contributed by atoms with Crippen LogP contribution in [0.15, 0.2) is 0 Å². The van der Waals surface area contributed by atoms with Crippen LogP contribution in [0.2, 0.25) is 0 Å². The van der Waals surface area contributed by atoms with Crippen LogP contribution in [0.4, 0.5) is 0 Å². The van der Waals surface area contributed by atoms with Crippen LogP contribution in [0, 0.1) is 0 Å². The van der Waals surface area contributed by atoms with Gasteiger partial charge in [0.05, 0.1) is 45.7 Å². The number of rotatable bonds is 57. The zero-order valence-corrected chi connectivity index (χ0v) is 48.2. The maximum Gasteiger partial charge on any atom is 0.326 e. The van der Waals surface area contributed by atoms with Gasteiger partial charge >= 0.3 is 23.9 Å². The molecule has 0 radical (unpaired) electrons. The summed E-state index contributed by atoms with van der Waals surface area (Å²) in [6.45, 7) is 2.19. The first-order valence-electron chi connectivity index (χ1n) is 28.4. The number of carbonyl (C=O) groups excluding carboxylic acids is 7. The van der Waals surface area contributed by atoms with E-state index in [4.69, 9.17) is 29.8 Å². The van der Waals surface area contributed by atoms with E-state index in [0.717, 1.165) is 57.1 Å². The summed E-state index contributed by atoms with van der Waals surface area (Å²) in [6, 6.07) is -4.59. The van der Waals surface area contributed by atoms with E-state index < -0.39 is 96.5 Å². The van der Waals surface area contributed by atoms with Crippen LogP contribution < -0.4 is 42.4 Å². The van der Waals surface area contributed by atoms with Gasteiger partial charge in [0.1, 0.15) is 31.3 Å². The standard InChI is InChI=1S/C53H94N8O19S/c1-2-81-61-39(50(54)70)19-17-18-28-55-43(62)25-22-41(52(73)74)59-46(65)27-24-42(53(75)76)60-48(67)38-80-36-34-78-32-30-57-47(66)37-79-35-33-77-31-29-56-44(63)26-23-40(51(71)72)58-45(64)20-15-13-11-9-7-5-3-4-6-8-10-12-14-16-21-49(68)69/h39-42,61H,2-38H2,1H3,(H2,54,70)(H,55,62)(H,56,63)(H,57,66)(H,58,64)(H,59,65)(H,60,67)(H,68,69)(H,71,72)(H,73,74)(H,75,76)/t39-,40-,41-,42-/m0/s1. The van der Waals surface area contributed by atoms with Gasteiger partial charge in [-0.3, -0.25) is 43.1 Å². The second-order valence-electron chi connectivity index (χ2n) is 19.2. The molecule has 0 aliphatic heterocycles. The van der Waals surface area contributed by atoms with E-state index in [-0.39, 0.29) is 117 Å². The highest BCUT2D eigenvalue weighted by Crippen LogP contribution is 2.14. The molecule has 27 nitrogen and oxygen atoms in total. The van der Waals surface area contributed by atoms with E-state index in [0.29, 0.717) is 25.7 Å². The van der Waals surface area contributed by atoms with Crippen molar-refractivity contribution in [2.75, 3.05) is 78.2 Å². The Balaban J connectivity index is 3.99. The number of aliphatic carboxylic acids is 4. The number of primary amides is 1. The maximum absolute atomic E-state index is 12.5. The van der Waals surface area contributed by atoms with Crippen molar-refractivity contribution in [2.24, 2.45) is 5.73 Å². The lowest BCUT2D eigenvalue weighted by Gasteiger charge is -2.17. The molecule has 0 saturated heterocycles. The van der Waals surface area contributed by atoms with Crippen molar-refractivity contribution in [3.05, 3.63) is 0 Å². The highest BCUT2D eigenvalue weighted by atomic mass is 32.2. The van der Waals surface area contributed by atoms with Crippen molar-refractivity contribution < 1.29 is 92.1 Å². The molecule has 28 heteroatoms. The quantitative estimate of drug-likeness (QED) is 0.0306. The van der Waals surface area contributed by atoms with Gasteiger partial charge in [0.25, 0.3) is 0 Å². The summed E-state index contributed by atoms with van der Waals surface area (Å²) in [5.74, 6) is -7.68. The number of unbranched alkanes of at least 4 members (excludes halogenated alkanes) is 14. The maximum atomic E-state index is 12.5. The monoisotopic (exact) mass is 1180 g/mol. The molecule has 7 amide bonds. The van der Waals surface area contributed by atoms with Crippen LogP contribution >= 0.6 is 11.9 Å². The predicted octanol–water partition coefficient (Wildman–Crippen LogP) is 2.06. The molecule has 466 valence electrons. The molecule has 81 heavy (non-hydrogen) atoms. The van der Waals surface area contributed by atoms with Gasteiger partial charge in [-0.1, -0.05) is 95.9 Å². The van der Waals surface area contributed by atoms with Crippen molar-refractivity contribution in [2.45, 2.75) is 192 Å². The van der Waals surface area contributed by atoms with E-state index in [1.807, 2.05) is 6.92 Å². The molecule has 0 aromatic heterocycles. The van der Waals surface area contributed by atoms with Crippen LogP contribution in [0.5, 0.6) is 0 Å². The second kappa shape index (κ2) is 51.2. The van der Waals surface area contributed by atoms with Gasteiger partial charge in [0, 0.05) is 57.5 Å². The van der Waals surface area contributed by atoms with Gasteiger partial charge in [-0.2, -0.15) is 0 Å². The Morgan fingerprint density at radius 1 is 0.383 bits per heavy atom. The molecular formula is C53H94N8O19S. The van der Waals surface area contributed by atoms with Crippen LogP contribution in [0.25, 0.3) is 0 Å². The third kappa shape index (κ3) is 47.6. The molecule has 0 unspecified atom stereocenters. The first-order valence-corrected chi connectivity index (χ1v) is 29.4. The number of amides is 7. The molecule has 0 aromatic carbocycles. The smallest absolute Gasteiger partial charge is 0.326 e. The molecule has 0 spiro atoms. The Kier molecular flexibility index (Phi) is 47.6. The topological polar surface area (TPSA) is 416 Å². The predicted molar refractivity (Wildman–Crippen MR) is 298 cm³/mol. The largest absolute Gasteiger partial charge is 0.481 e. The van der Waals surface area contributed by atoms with Crippen LogP contribution in [-0.4, -0.2) is 188 Å². The van der Waals surface area contributed by atoms with Crippen LogP contribution in [0.1, 0.15) is 167 Å². The Hall–Kier alpha value is -5.68. The second-order valence-corrected chi connectivity index (χ2v) is 20.3. The number of hydrogen-bond donors (Lipinski definition) is 12. The molecule has 0 saturated carbocycles. The molecule has 0 heterocycles. The summed E-state index contributed by atoms with van der Waals surface area (Å²) in [5.41, 5.74) is 5.38. The normalized spacial score (nSPS) is 12.5. The number of nitrogens with one attached hydrogen (secondary N) is 7. The molecule has 4 atom stereocenters. The Morgan fingerprint density at radius 2 is 0.753 bits per heavy atom. The van der Waals surface area contributed by atoms with Crippen molar-refractivity contribution >= 4 is 77.2 Å². The minimum Gasteiger partial charge on any atom is -0.481 e. The molecule has 0 aromatic rings. The fraction of sp³-hybridized carbons (Fsp3) is 0.792.